The van der Waals surface area contributed by atoms with Gasteiger partial charge in [-0.2, -0.15) is 0 Å². The van der Waals surface area contributed by atoms with Crippen molar-refractivity contribution >= 4 is 0 Å². The molecule has 1 aliphatic carbocycles. The first kappa shape index (κ1) is 18.1. The smallest absolute Gasteiger partial charge is 0.131 e. The highest BCUT2D eigenvalue weighted by Crippen LogP contribution is 2.52. The fraction of sp³-hybridized carbons (Fsp3) is 0.565. The van der Waals surface area contributed by atoms with Gasteiger partial charge in [0.05, 0.1) is 0 Å². The van der Waals surface area contributed by atoms with Gasteiger partial charge in [0.2, 0.25) is 0 Å². The van der Waals surface area contributed by atoms with Gasteiger partial charge in [0, 0.05) is 29.4 Å². The Hall–Kier alpha value is -1.75. The molecule has 1 aliphatic heterocycles. The molecule has 0 unspecified atom stereocenters. The lowest BCUT2D eigenvalue weighted by Gasteiger charge is -2.46. The van der Waals surface area contributed by atoms with Crippen molar-refractivity contribution in [2.45, 2.75) is 77.7 Å². The summed E-state index contributed by atoms with van der Waals surface area (Å²) in [5.41, 5.74) is 2.55. The van der Waals surface area contributed by atoms with E-state index in [1.165, 1.54) is 18.4 Å². The number of halogens is 1. The highest BCUT2D eigenvalue weighted by atomic mass is 19.1. The van der Waals surface area contributed by atoms with E-state index in [1.54, 1.807) is 6.07 Å². The predicted octanol–water partition coefficient (Wildman–Crippen LogP) is 6.37. The first-order chi connectivity index (χ1) is 11.9. The summed E-state index contributed by atoms with van der Waals surface area (Å²) in [6.07, 6.45) is 8.52. The third kappa shape index (κ3) is 3.76. The van der Waals surface area contributed by atoms with Crippen LogP contribution in [0.25, 0.3) is 0 Å². The maximum Gasteiger partial charge on any atom is 0.131 e. The Bertz CT molecular complexity index is 732. The second-order valence-electron chi connectivity index (χ2n) is 8.04. The van der Waals surface area contributed by atoms with Crippen molar-refractivity contribution in [1.82, 2.24) is 0 Å². The van der Waals surface area contributed by atoms with Gasteiger partial charge in [-0.1, -0.05) is 43.3 Å². The molecule has 1 aromatic carbocycles. The van der Waals surface area contributed by atoms with Crippen molar-refractivity contribution in [2.75, 3.05) is 0 Å². The Labute approximate surface area is 151 Å². The molecule has 0 N–H and O–H groups in total. The van der Waals surface area contributed by atoms with E-state index in [2.05, 4.69) is 45.6 Å². The summed E-state index contributed by atoms with van der Waals surface area (Å²) >= 11 is 0. The molecule has 0 radical (unpaired) electrons. The maximum absolute atomic E-state index is 14.9. The fourth-order valence-electron chi connectivity index (χ4n) is 4.23. The van der Waals surface area contributed by atoms with Crippen LogP contribution in [0.15, 0.2) is 23.8 Å². The van der Waals surface area contributed by atoms with Crippen LogP contribution in [0.3, 0.4) is 0 Å². The highest BCUT2D eigenvalue weighted by Gasteiger charge is 2.45. The lowest BCUT2D eigenvalue weighted by molar-refractivity contribution is 0.00699. The van der Waals surface area contributed by atoms with Gasteiger partial charge in [-0.15, -0.1) is 0 Å². The summed E-state index contributed by atoms with van der Waals surface area (Å²) in [6.45, 7) is 8.58. The second kappa shape index (κ2) is 7.24. The van der Waals surface area contributed by atoms with Crippen molar-refractivity contribution < 1.29 is 9.13 Å². The molecule has 0 amide bonds. The molecule has 2 heteroatoms. The van der Waals surface area contributed by atoms with Crippen LogP contribution >= 0.6 is 0 Å². The number of rotatable bonds is 3. The summed E-state index contributed by atoms with van der Waals surface area (Å²) < 4.78 is 21.2. The highest BCUT2D eigenvalue weighted by molar-refractivity contribution is 5.49. The van der Waals surface area contributed by atoms with E-state index in [4.69, 9.17) is 4.74 Å². The first-order valence-corrected chi connectivity index (χ1v) is 9.59. The van der Waals surface area contributed by atoms with Crippen LogP contribution in [0, 0.1) is 23.6 Å². The first-order valence-electron chi connectivity index (χ1n) is 9.59. The minimum Gasteiger partial charge on any atom is -0.487 e. The van der Waals surface area contributed by atoms with E-state index in [0.717, 1.165) is 36.8 Å². The van der Waals surface area contributed by atoms with Crippen LogP contribution in [0.4, 0.5) is 4.39 Å². The predicted molar refractivity (Wildman–Crippen MR) is 101 cm³/mol. The van der Waals surface area contributed by atoms with E-state index >= 15 is 0 Å². The number of allylic oxidation sites excluding steroid dienone is 2. The van der Waals surface area contributed by atoms with Gasteiger partial charge in [0.25, 0.3) is 0 Å². The summed E-state index contributed by atoms with van der Waals surface area (Å²) in [5.74, 6) is 7.36. The SMILES string of the molecule is CCCCCC#Cc1cc(F)c2c(c1)OC(C)(C)[C@@H]1CC=C(C)C[C@@H]21. The van der Waals surface area contributed by atoms with Gasteiger partial charge in [-0.3, -0.25) is 0 Å². The van der Waals surface area contributed by atoms with E-state index in [-0.39, 0.29) is 17.3 Å². The molecule has 0 saturated heterocycles. The largest absolute Gasteiger partial charge is 0.487 e. The summed E-state index contributed by atoms with van der Waals surface area (Å²) in [7, 11) is 0. The standard InChI is InChI=1S/C23H29FO/c1-5-6-7-8-9-10-17-14-20(24)22-18-13-16(2)11-12-19(18)23(3,4)25-21(22)15-17/h11,14-15,18-19H,5-8,12-13H2,1-4H3/t18-,19-/m1/s1. The molecule has 0 fully saturated rings. The van der Waals surface area contributed by atoms with Gasteiger partial charge in [0.15, 0.2) is 0 Å². The second-order valence-corrected chi connectivity index (χ2v) is 8.04. The summed E-state index contributed by atoms with van der Waals surface area (Å²) in [6, 6.07) is 3.54. The zero-order chi connectivity index (χ0) is 18.0. The fourth-order valence-corrected chi connectivity index (χ4v) is 4.23. The average molecular weight is 340 g/mol. The Kier molecular flexibility index (Phi) is 5.23. The average Bonchev–Trinajstić information content (AvgIpc) is 2.53. The Balaban J connectivity index is 1.91. The molecule has 0 bridgehead atoms. The molecular formula is C23H29FO. The van der Waals surface area contributed by atoms with Crippen LogP contribution in [-0.4, -0.2) is 5.60 Å². The van der Waals surface area contributed by atoms with Crippen LogP contribution in [-0.2, 0) is 0 Å². The molecule has 3 rings (SSSR count). The van der Waals surface area contributed by atoms with Crippen LogP contribution < -0.4 is 4.74 Å². The van der Waals surface area contributed by atoms with E-state index < -0.39 is 0 Å². The van der Waals surface area contributed by atoms with Crippen molar-refractivity contribution in [2.24, 2.45) is 5.92 Å². The molecule has 0 aromatic heterocycles. The number of fused-ring (bicyclic) bond motifs is 3. The van der Waals surface area contributed by atoms with Gasteiger partial charge >= 0.3 is 0 Å². The van der Waals surface area contributed by atoms with Crippen molar-refractivity contribution in [1.29, 1.82) is 0 Å². The third-order valence-electron chi connectivity index (χ3n) is 5.61. The minimum absolute atomic E-state index is 0.157. The minimum atomic E-state index is -0.283. The molecule has 1 heterocycles. The molecule has 25 heavy (non-hydrogen) atoms. The molecular weight excluding hydrogens is 311 g/mol. The number of benzene rings is 1. The van der Waals surface area contributed by atoms with Gasteiger partial charge in [-0.25, -0.2) is 4.39 Å². The Morgan fingerprint density at radius 2 is 2.08 bits per heavy atom. The Morgan fingerprint density at radius 3 is 2.84 bits per heavy atom. The van der Waals surface area contributed by atoms with Crippen LogP contribution in [0.1, 0.15) is 83.3 Å². The van der Waals surface area contributed by atoms with Crippen molar-refractivity contribution in [3.63, 3.8) is 0 Å². The van der Waals surface area contributed by atoms with Crippen molar-refractivity contribution in [3.8, 4) is 17.6 Å². The van der Waals surface area contributed by atoms with E-state index in [9.17, 15) is 4.39 Å². The summed E-state index contributed by atoms with van der Waals surface area (Å²) in [5, 5.41) is 0. The lowest BCUT2D eigenvalue weighted by Crippen LogP contribution is -2.45. The van der Waals surface area contributed by atoms with E-state index in [0.29, 0.717) is 11.7 Å². The molecule has 1 aromatic rings. The molecule has 2 atom stereocenters. The molecule has 0 saturated carbocycles. The number of hydrogen-bond acceptors (Lipinski definition) is 1. The monoisotopic (exact) mass is 340 g/mol. The Morgan fingerprint density at radius 1 is 1.28 bits per heavy atom. The number of ether oxygens (including phenoxy) is 1. The van der Waals surface area contributed by atoms with Crippen LogP contribution in [0.2, 0.25) is 0 Å². The number of unbranched alkanes of at least 4 members (excludes halogenated alkanes) is 3. The quantitative estimate of drug-likeness (QED) is 0.353. The van der Waals surface area contributed by atoms with Gasteiger partial charge in [0.1, 0.15) is 17.2 Å². The van der Waals surface area contributed by atoms with E-state index in [1.807, 2.05) is 6.07 Å². The van der Waals surface area contributed by atoms with Crippen LogP contribution in [0.5, 0.6) is 5.75 Å². The maximum atomic E-state index is 14.9. The normalized spacial score (nSPS) is 23.5. The third-order valence-corrected chi connectivity index (χ3v) is 5.61. The molecule has 0 spiro atoms. The molecule has 1 nitrogen and oxygen atoms in total. The number of hydrogen-bond donors (Lipinski definition) is 0. The lowest BCUT2D eigenvalue weighted by atomic mass is 9.67. The summed E-state index contributed by atoms with van der Waals surface area (Å²) in [4.78, 5) is 0. The van der Waals surface area contributed by atoms with Gasteiger partial charge < -0.3 is 4.74 Å². The zero-order valence-electron chi connectivity index (χ0n) is 15.9. The zero-order valence-corrected chi connectivity index (χ0v) is 15.9. The topological polar surface area (TPSA) is 9.23 Å². The van der Waals surface area contributed by atoms with Gasteiger partial charge in [-0.05, 0) is 52.2 Å². The molecule has 134 valence electrons. The van der Waals surface area contributed by atoms with Crippen molar-refractivity contribution in [3.05, 3.63) is 40.7 Å². The molecule has 2 aliphatic rings.